The number of aliphatic hydroxyl groups is 1. The van der Waals surface area contributed by atoms with Gasteiger partial charge in [0.05, 0.1) is 10.9 Å². The van der Waals surface area contributed by atoms with Crippen LogP contribution >= 0.6 is 11.3 Å². The van der Waals surface area contributed by atoms with E-state index < -0.39 is 6.10 Å². The largest absolute Gasteiger partial charge is 0.384 e. The van der Waals surface area contributed by atoms with Crippen LogP contribution in [-0.4, -0.2) is 19.2 Å². The number of thiophene rings is 1. The molecule has 0 aliphatic rings. The van der Waals surface area contributed by atoms with Gasteiger partial charge in [-0.15, -0.1) is 11.3 Å². The molecule has 1 aromatic carbocycles. The third kappa shape index (κ3) is 2.96. The summed E-state index contributed by atoms with van der Waals surface area (Å²) in [6.45, 7) is 4.55. The Morgan fingerprint density at radius 2 is 1.96 bits per heavy atom. The lowest BCUT2D eigenvalue weighted by Gasteiger charge is -2.14. The summed E-state index contributed by atoms with van der Waals surface area (Å²) >= 11 is 1.32. The fraction of sp³-hybridized carbons (Fsp3) is 0.286. The van der Waals surface area contributed by atoms with Gasteiger partial charge in [0.25, 0.3) is 5.56 Å². The quantitative estimate of drug-likeness (QED) is 0.576. The molecule has 1 atom stereocenters. The van der Waals surface area contributed by atoms with Gasteiger partial charge in [-0.1, -0.05) is 32.0 Å². The van der Waals surface area contributed by atoms with Crippen molar-refractivity contribution in [1.82, 2.24) is 14.1 Å². The molecule has 0 radical (unpaired) electrons. The molecule has 1 unspecified atom stereocenters. The third-order valence-corrected chi connectivity index (χ3v) is 5.87. The number of rotatable bonds is 4. The predicted octanol–water partition coefficient (Wildman–Crippen LogP) is 3.05. The second-order valence-electron chi connectivity index (χ2n) is 7.39. The molecule has 3 heterocycles. The van der Waals surface area contributed by atoms with Crippen molar-refractivity contribution < 1.29 is 5.11 Å². The standard InChI is InChI=1S/C21H21N3O3S/c1-12(2)10-24-20-17(19(26)23(3)21(24)27)15(11-28-20)18(25)14-8-13-6-4-5-7-16(13)22-9-14/h4-9,11-12,18,25H,10H2,1-3H3. The molecule has 1 N–H and O–H groups in total. The van der Waals surface area contributed by atoms with Crippen molar-refractivity contribution in [3.8, 4) is 0 Å². The zero-order chi connectivity index (χ0) is 20.0. The molecule has 0 saturated heterocycles. The Morgan fingerprint density at radius 3 is 2.71 bits per heavy atom. The average molecular weight is 395 g/mol. The van der Waals surface area contributed by atoms with E-state index in [0.717, 1.165) is 15.5 Å². The van der Waals surface area contributed by atoms with Crippen LogP contribution in [0.25, 0.3) is 21.1 Å². The molecule has 0 spiro atoms. The lowest BCUT2D eigenvalue weighted by molar-refractivity contribution is 0.222. The summed E-state index contributed by atoms with van der Waals surface area (Å²) in [4.78, 5) is 30.5. The Bertz CT molecular complexity index is 1300. The molecule has 3 aromatic heterocycles. The van der Waals surface area contributed by atoms with Crippen LogP contribution < -0.4 is 11.2 Å². The van der Waals surface area contributed by atoms with Gasteiger partial charge in [-0.2, -0.15) is 0 Å². The van der Waals surface area contributed by atoms with Gasteiger partial charge < -0.3 is 5.11 Å². The fourth-order valence-corrected chi connectivity index (χ4v) is 4.53. The molecule has 7 heteroatoms. The number of fused-ring (bicyclic) bond motifs is 2. The van der Waals surface area contributed by atoms with Crippen LogP contribution in [-0.2, 0) is 13.6 Å². The number of nitrogens with zero attached hydrogens (tertiary/aromatic N) is 3. The zero-order valence-electron chi connectivity index (χ0n) is 15.9. The highest BCUT2D eigenvalue weighted by atomic mass is 32.1. The lowest BCUT2D eigenvalue weighted by atomic mass is 10.0. The first kappa shape index (κ1) is 18.6. The van der Waals surface area contributed by atoms with Crippen LogP contribution in [0, 0.1) is 5.92 Å². The smallest absolute Gasteiger partial charge is 0.331 e. The van der Waals surface area contributed by atoms with E-state index in [-0.39, 0.29) is 17.2 Å². The monoisotopic (exact) mass is 395 g/mol. The van der Waals surface area contributed by atoms with Gasteiger partial charge in [0.1, 0.15) is 10.9 Å². The van der Waals surface area contributed by atoms with E-state index in [1.165, 1.54) is 18.4 Å². The number of para-hydroxylation sites is 1. The van der Waals surface area contributed by atoms with E-state index in [4.69, 9.17) is 0 Å². The average Bonchev–Trinajstić information content (AvgIpc) is 3.13. The van der Waals surface area contributed by atoms with Gasteiger partial charge in [-0.25, -0.2) is 4.79 Å². The van der Waals surface area contributed by atoms with E-state index in [0.29, 0.717) is 27.9 Å². The predicted molar refractivity (Wildman–Crippen MR) is 112 cm³/mol. The molecule has 144 valence electrons. The maximum atomic E-state index is 12.8. The van der Waals surface area contributed by atoms with Crippen LogP contribution in [0.5, 0.6) is 0 Å². The molecule has 0 fully saturated rings. The normalized spacial score (nSPS) is 12.9. The fourth-order valence-electron chi connectivity index (χ4n) is 3.44. The van der Waals surface area contributed by atoms with Gasteiger partial charge in [-0.3, -0.25) is 18.9 Å². The first-order valence-electron chi connectivity index (χ1n) is 9.12. The van der Waals surface area contributed by atoms with E-state index in [1.54, 1.807) is 16.1 Å². The molecule has 0 aliphatic carbocycles. The van der Waals surface area contributed by atoms with E-state index in [2.05, 4.69) is 4.98 Å². The minimum atomic E-state index is -0.997. The number of hydrogen-bond donors (Lipinski definition) is 1. The van der Waals surface area contributed by atoms with Crippen molar-refractivity contribution in [3.05, 3.63) is 73.9 Å². The maximum Gasteiger partial charge on any atom is 0.331 e. The van der Waals surface area contributed by atoms with Crippen LogP contribution in [0.4, 0.5) is 0 Å². The van der Waals surface area contributed by atoms with Crippen LogP contribution in [0.3, 0.4) is 0 Å². The van der Waals surface area contributed by atoms with Crippen molar-refractivity contribution in [1.29, 1.82) is 0 Å². The van der Waals surface area contributed by atoms with Gasteiger partial charge in [0.2, 0.25) is 0 Å². The Balaban J connectivity index is 1.92. The van der Waals surface area contributed by atoms with Gasteiger partial charge in [-0.05, 0) is 23.4 Å². The van der Waals surface area contributed by atoms with Gasteiger partial charge in [0, 0.05) is 36.3 Å². The molecular formula is C21H21N3O3S. The summed E-state index contributed by atoms with van der Waals surface area (Å²) in [6.07, 6.45) is 0.633. The maximum absolute atomic E-state index is 12.8. The Morgan fingerprint density at radius 1 is 1.21 bits per heavy atom. The molecule has 0 amide bonds. The van der Waals surface area contributed by atoms with Crippen molar-refractivity contribution in [2.75, 3.05) is 0 Å². The van der Waals surface area contributed by atoms with Crippen LogP contribution in [0.2, 0.25) is 0 Å². The van der Waals surface area contributed by atoms with Crippen molar-refractivity contribution in [3.63, 3.8) is 0 Å². The van der Waals surface area contributed by atoms with E-state index in [1.807, 2.05) is 44.2 Å². The van der Waals surface area contributed by atoms with Crippen LogP contribution in [0.15, 0.2) is 51.5 Å². The first-order chi connectivity index (χ1) is 13.4. The third-order valence-electron chi connectivity index (χ3n) is 4.85. The molecule has 0 aliphatic heterocycles. The highest BCUT2D eigenvalue weighted by Gasteiger charge is 2.22. The second-order valence-corrected chi connectivity index (χ2v) is 8.24. The highest BCUT2D eigenvalue weighted by Crippen LogP contribution is 2.32. The van der Waals surface area contributed by atoms with E-state index >= 15 is 0 Å². The molecular weight excluding hydrogens is 374 g/mol. The molecule has 4 aromatic rings. The lowest BCUT2D eigenvalue weighted by Crippen LogP contribution is -2.38. The Kier molecular flexibility index (Phi) is 4.64. The Hall–Kier alpha value is -2.77. The first-order valence-corrected chi connectivity index (χ1v) is 10.00. The topological polar surface area (TPSA) is 77.1 Å². The SMILES string of the molecule is CC(C)Cn1c(=O)n(C)c(=O)c2c(C(O)c3cnc4ccccc4c3)csc21. The molecule has 4 rings (SSSR count). The van der Waals surface area contributed by atoms with Gasteiger partial charge >= 0.3 is 5.69 Å². The minimum Gasteiger partial charge on any atom is -0.384 e. The molecule has 0 saturated carbocycles. The summed E-state index contributed by atoms with van der Waals surface area (Å²) in [6, 6.07) is 9.55. The molecule has 6 nitrogen and oxygen atoms in total. The van der Waals surface area contributed by atoms with E-state index in [9.17, 15) is 14.7 Å². The highest BCUT2D eigenvalue weighted by molar-refractivity contribution is 7.17. The zero-order valence-corrected chi connectivity index (χ0v) is 16.7. The number of pyridine rings is 1. The summed E-state index contributed by atoms with van der Waals surface area (Å²) < 4.78 is 2.74. The van der Waals surface area contributed by atoms with Crippen LogP contribution in [0.1, 0.15) is 31.1 Å². The summed E-state index contributed by atoms with van der Waals surface area (Å²) in [5.41, 5.74) is 1.25. The molecule has 0 bridgehead atoms. The Labute approximate surface area is 165 Å². The summed E-state index contributed by atoms with van der Waals surface area (Å²) in [5.74, 6) is 0.249. The number of hydrogen-bond acceptors (Lipinski definition) is 5. The van der Waals surface area contributed by atoms with Crippen molar-refractivity contribution in [2.24, 2.45) is 13.0 Å². The summed E-state index contributed by atoms with van der Waals surface area (Å²) in [7, 11) is 1.48. The number of benzene rings is 1. The number of aromatic nitrogens is 3. The summed E-state index contributed by atoms with van der Waals surface area (Å²) in [5, 5.41) is 14.1. The molecule has 28 heavy (non-hydrogen) atoms. The second kappa shape index (κ2) is 7.00. The van der Waals surface area contributed by atoms with Gasteiger partial charge in [0.15, 0.2) is 0 Å². The number of aliphatic hydroxyl groups excluding tert-OH is 1. The van der Waals surface area contributed by atoms with Crippen molar-refractivity contribution in [2.45, 2.75) is 26.5 Å². The minimum absolute atomic E-state index is 0.249. The van der Waals surface area contributed by atoms with Crippen molar-refractivity contribution >= 4 is 32.5 Å².